The van der Waals surface area contributed by atoms with Gasteiger partial charge in [-0.25, -0.2) is 0 Å². The summed E-state index contributed by atoms with van der Waals surface area (Å²) >= 11 is 1.61. The molecule has 1 aliphatic heterocycles. The summed E-state index contributed by atoms with van der Waals surface area (Å²) in [7, 11) is 3.77. The molecule has 2 N–H and O–H groups in total. The van der Waals surface area contributed by atoms with Gasteiger partial charge in [-0.15, -0.1) is 11.8 Å². The zero-order chi connectivity index (χ0) is 12.3. The van der Waals surface area contributed by atoms with Crippen LogP contribution in [0.2, 0.25) is 0 Å². The van der Waals surface area contributed by atoms with Crippen LogP contribution >= 0.6 is 11.8 Å². The fourth-order valence-electron chi connectivity index (χ4n) is 1.89. The summed E-state index contributed by atoms with van der Waals surface area (Å²) in [6.45, 7) is 1.38. The summed E-state index contributed by atoms with van der Waals surface area (Å²) in [5, 5.41) is 6.16. The van der Waals surface area contributed by atoms with Crippen molar-refractivity contribution in [1.29, 1.82) is 0 Å². The molecule has 0 saturated heterocycles. The first kappa shape index (κ1) is 12.4. The molecule has 92 valence electrons. The van der Waals surface area contributed by atoms with Crippen LogP contribution in [0.4, 0.5) is 5.69 Å². The first-order valence-corrected chi connectivity index (χ1v) is 6.60. The van der Waals surface area contributed by atoms with Gasteiger partial charge in [-0.05, 0) is 31.8 Å². The van der Waals surface area contributed by atoms with Gasteiger partial charge in [0.2, 0.25) is 5.91 Å². The lowest BCUT2D eigenvalue weighted by Crippen LogP contribution is -2.41. The Hall–Kier alpha value is -1.04. The zero-order valence-electron chi connectivity index (χ0n) is 10.1. The number of nitrogens with zero attached hydrogens (tertiary/aromatic N) is 1. The Kier molecular flexibility index (Phi) is 4.04. The number of nitrogens with one attached hydrogen (secondary N) is 2. The molecule has 0 aliphatic carbocycles. The number of carbonyl (C=O) groups is 1. The number of hydrogen-bond donors (Lipinski definition) is 2. The molecule has 17 heavy (non-hydrogen) atoms. The van der Waals surface area contributed by atoms with Crippen LogP contribution in [0.3, 0.4) is 0 Å². The van der Waals surface area contributed by atoms with Gasteiger partial charge in [-0.1, -0.05) is 6.07 Å². The van der Waals surface area contributed by atoms with Crippen molar-refractivity contribution in [2.24, 2.45) is 0 Å². The van der Waals surface area contributed by atoms with E-state index in [0.717, 1.165) is 12.2 Å². The molecule has 1 aromatic rings. The minimum atomic E-state index is 0.165. The van der Waals surface area contributed by atoms with Crippen molar-refractivity contribution in [2.75, 3.05) is 31.4 Å². The molecule has 0 aromatic heterocycles. The normalized spacial score (nSPS) is 14.9. The maximum atomic E-state index is 11.9. The Morgan fingerprint density at radius 3 is 2.88 bits per heavy atom. The monoisotopic (exact) mass is 251 g/mol. The standard InChI is InChI=1S/C12H17N3OS/c1-13-6-9-3-4-11-10(5-9)15(8-14-2)12(16)7-17-11/h3-5,13-14H,6-8H2,1-2H3. The molecule has 0 unspecified atom stereocenters. The van der Waals surface area contributed by atoms with Gasteiger partial charge in [0.1, 0.15) is 0 Å². The van der Waals surface area contributed by atoms with Gasteiger partial charge in [-0.2, -0.15) is 0 Å². The fraction of sp³-hybridized carbons (Fsp3) is 0.417. The van der Waals surface area contributed by atoms with Crippen molar-refractivity contribution in [3.05, 3.63) is 23.8 Å². The molecule has 0 fully saturated rings. The third-order valence-electron chi connectivity index (χ3n) is 2.66. The number of carbonyl (C=O) groups excluding carboxylic acids is 1. The Balaban J connectivity index is 2.34. The third-order valence-corrected chi connectivity index (χ3v) is 3.71. The van der Waals surface area contributed by atoms with Crippen molar-refractivity contribution in [2.45, 2.75) is 11.4 Å². The largest absolute Gasteiger partial charge is 0.316 e. The number of hydrogen-bond acceptors (Lipinski definition) is 4. The van der Waals surface area contributed by atoms with Crippen LogP contribution in [0.5, 0.6) is 0 Å². The van der Waals surface area contributed by atoms with Crippen LogP contribution in [0.1, 0.15) is 5.56 Å². The van der Waals surface area contributed by atoms with Gasteiger partial charge in [0.05, 0.1) is 18.1 Å². The summed E-state index contributed by atoms with van der Waals surface area (Å²) in [6, 6.07) is 6.30. The number of amides is 1. The minimum Gasteiger partial charge on any atom is -0.316 e. The van der Waals surface area contributed by atoms with E-state index < -0.39 is 0 Å². The lowest BCUT2D eigenvalue weighted by atomic mass is 10.2. The molecule has 5 heteroatoms. The molecule has 4 nitrogen and oxygen atoms in total. The van der Waals surface area contributed by atoms with E-state index in [4.69, 9.17) is 0 Å². The molecular formula is C12H17N3OS. The van der Waals surface area contributed by atoms with Crippen molar-refractivity contribution in [3.63, 3.8) is 0 Å². The van der Waals surface area contributed by atoms with E-state index in [-0.39, 0.29) is 5.91 Å². The van der Waals surface area contributed by atoms with Crippen molar-refractivity contribution in [1.82, 2.24) is 10.6 Å². The molecule has 0 bridgehead atoms. The zero-order valence-corrected chi connectivity index (χ0v) is 10.9. The highest BCUT2D eigenvalue weighted by Gasteiger charge is 2.24. The second-order valence-corrected chi connectivity index (χ2v) is 4.97. The first-order valence-electron chi connectivity index (χ1n) is 5.61. The number of rotatable bonds is 4. The van der Waals surface area contributed by atoms with Crippen molar-refractivity contribution < 1.29 is 4.79 Å². The van der Waals surface area contributed by atoms with Gasteiger partial charge in [-0.3, -0.25) is 9.69 Å². The highest BCUT2D eigenvalue weighted by molar-refractivity contribution is 8.00. The van der Waals surface area contributed by atoms with Crippen LogP contribution in [-0.4, -0.2) is 32.4 Å². The highest BCUT2D eigenvalue weighted by Crippen LogP contribution is 2.35. The predicted molar refractivity (Wildman–Crippen MR) is 71.3 cm³/mol. The number of benzene rings is 1. The van der Waals surface area contributed by atoms with Crippen molar-refractivity contribution in [3.8, 4) is 0 Å². The third kappa shape index (κ3) is 2.62. The summed E-state index contributed by atoms with van der Waals surface area (Å²) in [5.74, 6) is 0.693. The fourth-order valence-corrected chi connectivity index (χ4v) is 2.81. The van der Waals surface area contributed by atoms with Gasteiger partial charge in [0.25, 0.3) is 0 Å². The van der Waals surface area contributed by atoms with E-state index in [1.54, 1.807) is 11.8 Å². The predicted octanol–water partition coefficient (Wildman–Crippen LogP) is 1.02. The highest BCUT2D eigenvalue weighted by atomic mass is 32.2. The molecule has 0 saturated carbocycles. The van der Waals surface area contributed by atoms with Crippen LogP contribution < -0.4 is 15.5 Å². The van der Waals surface area contributed by atoms with E-state index in [0.29, 0.717) is 12.4 Å². The number of fused-ring (bicyclic) bond motifs is 1. The number of anilines is 1. The van der Waals surface area contributed by atoms with Crippen LogP contribution in [0, 0.1) is 0 Å². The van der Waals surface area contributed by atoms with Gasteiger partial charge in [0, 0.05) is 11.4 Å². The molecule has 0 atom stereocenters. The summed E-state index contributed by atoms with van der Waals surface area (Å²) in [4.78, 5) is 14.9. The quantitative estimate of drug-likeness (QED) is 0.838. The molecule has 1 heterocycles. The smallest absolute Gasteiger partial charge is 0.238 e. The Morgan fingerprint density at radius 1 is 1.35 bits per heavy atom. The second kappa shape index (κ2) is 5.53. The van der Waals surface area contributed by atoms with E-state index in [2.05, 4.69) is 28.8 Å². The SMILES string of the molecule is CNCc1ccc2c(c1)N(CNC)C(=O)CS2. The van der Waals surface area contributed by atoms with Crippen LogP contribution in [0.25, 0.3) is 0 Å². The van der Waals surface area contributed by atoms with Crippen LogP contribution in [0.15, 0.2) is 23.1 Å². The molecule has 1 aliphatic rings. The van der Waals surface area contributed by atoms with Gasteiger partial charge < -0.3 is 10.6 Å². The molecule has 1 amide bonds. The van der Waals surface area contributed by atoms with Gasteiger partial charge >= 0.3 is 0 Å². The maximum absolute atomic E-state index is 11.9. The van der Waals surface area contributed by atoms with E-state index in [1.165, 1.54) is 10.5 Å². The lowest BCUT2D eigenvalue weighted by Gasteiger charge is -2.29. The summed E-state index contributed by atoms with van der Waals surface area (Å²) in [5.41, 5.74) is 2.22. The summed E-state index contributed by atoms with van der Waals surface area (Å²) in [6.07, 6.45) is 0. The first-order chi connectivity index (χ1) is 8.26. The average molecular weight is 251 g/mol. The number of thioether (sulfide) groups is 1. The maximum Gasteiger partial charge on any atom is 0.238 e. The van der Waals surface area contributed by atoms with E-state index >= 15 is 0 Å². The second-order valence-electron chi connectivity index (χ2n) is 3.95. The van der Waals surface area contributed by atoms with E-state index in [9.17, 15) is 4.79 Å². The van der Waals surface area contributed by atoms with Crippen molar-refractivity contribution >= 4 is 23.4 Å². The topological polar surface area (TPSA) is 44.4 Å². The van der Waals surface area contributed by atoms with Crippen LogP contribution in [-0.2, 0) is 11.3 Å². The minimum absolute atomic E-state index is 0.165. The van der Waals surface area contributed by atoms with E-state index in [1.807, 2.05) is 19.0 Å². The lowest BCUT2D eigenvalue weighted by molar-refractivity contribution is -0.116. The Morgan fingerprint density at radius 2 is 2.18 bits per heavy atom. The molecule has 0 spiro atoms. The van der Waals surface area contributed by atoms with Gasteiger partial charge in [0.15, 0.2) is 0 Å². The molecular weight excluding hydrogens is 234 g/mol. The Labute approximate surface area is 106 Å². The Bertz CT molecular complexity index is 422. The molecule has 2 rings (SSSR count). The summed E-state index contributed by atoms with van der Waals surface area (Å²) < 4.78 is 0. The molecule has 1 aromatic carbocycles. The molecule has 0 radical (unpaired) electrons. The average Bonchev–Trinajstić information content (AvgIpc) is 2.33.